The number of carbonyl (C=O) groups excluding carboxylic acids is 1. The van der Waals surface area contributed by atoms with E-state index in [9.17, 15) is 4.79 Å². The fourth-order valence-electron chi connectivity index (χ4n) is 1.03. The van der Waals surface area contributed by atoms with E-state index in [1.165, 1.54) is 17.3 Å². The molecular formula is C12H14OS. The van der Waals surface area contributed by atoms with E-state index >= 15 is 0 Å². The van der Waals surface area contributed by atoms with Crippen LogP contribution in [-0.2, 0) is 4.79 Å². The molecule has 74 valence electrons. The molecule has 0 saturated carbocycles. The molecule has 0 aliphatic carbocycles. The van der Waals surface area contributed by atoms with E-state index < -0.39 is 0 Å². The molecule has 0 unspecified atom stereocenters. The van der Waals surface area contributed by atoms with Gasteiger partial charge in [-0.3, -0.25) is 4.79 Å². The number of benzene rings is 1. The monoisotopic (exact) mass is 206 g/mol. The Morgan fingerprint density at radius 3 is 2.57 bits per heavy atom. The van der Waals surface area contributed by atoms with Crippen LogP contribution in [0.25, 0.3) is 6.08 Å². The third-order valence-corrected chi connectivity index (χ3v) is 2.49. The molecule has 0 amide bonds. The van der Waals surface area contributed by atoms with Crippen LogP contribution in [0.15, 0.2) is 30.3 Å². The minimum Gasteiger partial charge on any atom is -0.282 e. The first-order valence-corrected chi connectivity index (χ1v) is 5.62. The highest BCUT2D eigenvalue weighted by atomic mass is 32.2. The number of hydrogen-bond donors (Lipinski definition) is 0. The van der Waals surface area contributed by atoms with Crippen molar-refractivity contribution in [2.24, 2.45) is 0 Å². The van der Waals surface area contributed by atoms with Crippen LogP contribution in [0.4, 0.5) is 0 Å². The second-order valence-corrected chi connectivity index (χ2v) is 4.26. The predicted octanol–water partition coefficient (Wildman–Crippen LogP) is 3.29. The third-order valence-electron chi connectivity index (χ3n) is 1.78. The zero-order valence-electron chi connectivity index (χ0n) is 8.49. The van der Waals surface area contributed by atoms with Gasteiger partial charge in [-0.1, -0.05) is 54.6 Å². The maximum absolute atomic E-state index is 11.2. The summed E-state index contributed by atoms with van der Waals surface area (Å²) in [6.07, 6.45) is 3.48. The Morgan fingerprint density at radius 2 is 2.00 bits per heavy atom. The van der Waals surface area contributed by atoms with Gasteiger partial charge in [0.2, 0.25) is 5.12 Å². The molecule has 1 aromatic rings. The van der Waals surface area contributed by atoms with Gasteiger partial charge in [-0.15, -0.1) is 0 Å². The molecule has 0 heterocycles. The number of aryl methyl sites for hydroxylation is 1. The lowest BCUT2D eigenvalue weighted by Crippen LogP contribution is -1.84. The Bertz CT molecular complexity index is 325. The van der Waals surface area contributed by atoms with Crippen LogP contribution in [0.3, 0.4) is 0 Å². The van der Waals surface area contributed by atoms with E-state index in [0.717, 1.165) is 11.3 Å². The Labute approximate surface area is 89.2 Å². The first kappa shape index (κ1) is 11.1. The minimum absolute atomic E-state index is 0.119. The molecule has 2 heteroatoms. The number of rotatable bonds is 3. The van der Waals surface area contributed by atoms with Crippen molar-refractivity contribution >= 4 is 23.0 Å². The smallest absolute Gasteiger partial charge is 0.212 e. The van der Waals surface area contributed by atoms with Gasteiger partial charge in [0.1, 0.15) is 0 Å². The summed E-state index contributed by atoms with van der Waals surface area (Å²) in [6.45, 7) is 4.02. The Hall–Kier alpha value is -1.02. The molecule has 0 aromatic heterocycles. The average molecular weight is 206 g/mol. The molecule has 0 aliphatic heterocycles. The summed E-state index contributed by atoms with van der Waals surface area (Å²) in [6, 6.07) is 8.10. The van der Waals surface area contributed by atoms with Crippen molar-refractivity contribution in [3.8, 4) is 0 Å². The molecule has 14 heavy (non-hydrogen) atoms. The van der Waals surface area contributed by atoms with Crippen LogP contribution in [0.2, 0.25) is 0 Å². The lowest BCUT2D eigenvalue weighted by molar-refractivity contribution is -0.106. The van der Waals surface area contributed by atoms with Crippen LogP contribution >= 0.6 is 11.8 Å². The summed E-state index contributed by atoms with van der Waals surface area (Å²) in [5.74, 6) is 0.830. The van der Waals surface area contributed by atoms with Gasteiger partial charge in [0.15, 0.2) is 0 Å². The van der Waals surface area contributed by atoms with Gasteiger partial charge in [-0.05, 0) is 24.3 Å². The molecule has 0 fully saturated rings. The third kappa shape index (κ3) is 3.79. The topological polar surface area (TPSA) is 17.1 Å². The van der Waals surface area contributed by atoms with Gasteiger partial charge in [-0.2, -0.15) is 0 Å². The molecule has 1 nitrogen and oxygen atoms in total. The SMILES string of the molecule is CCSC(=O)/C=C/c1ccc(C)cc1. The normalized spacial score (nSPS) is 10.7. The molecule has 0 spiro atoms. The van der Waals surface area contributed by atoms with E-state index in [2.05, 4.69) is 0 Å². The first-order valence-electron chi connectivity index (χ1n) is 4.64. The molecule has 0 N–H and O–H groups in total. The lowest BCUT2D eigenvalue weighted by Gasteiger charge is -1.94. The summed E-state index contributed by atoms with van der Waals surface area (Å²) in [5, 5.41) is 0.119. The van der Waals surface area contributed by atoms with Gasteiger partial charge in [0.25, 0.3) is 0 Å². The van der Waals surface area contributed by atoms with E-state index in [0.29, 0.717) is 0 Å². The highest BCUT2D eigenvalue weighted by molar-refractivity contribution is 8.14. The van der Waals surface area contributed by atoms with Crippen molar-refractivity contribution in [3.63, 3.8) is 0 Å². The Morgan fingerprint density at radius 1 is 1.36 bits per heavy atom. The van der Waals surface area contributed by atoms with Crippen molar-refractivity contribution in [3.05, 3.63) is 41.5 Å². The number of thioether (sulfide) groups is 1. The molecule has 1 aromatic carbocycles. The van der Waals surface area contributed by atoms with Crippen molar-refractivity contribution in [1.82, 2.24) is 0 Å². The van der Waals surface area contributed by atoms with E-state index in [4.69, 9.17) is 0 Å². The zero-order valence-corrected chi connectivity index (χ0v) is 9.30. The van der Waals surface area contributed by atoms with Gasteiger partial charge < -0.3 is 0 Å². The molecule has 0 atom stereocenters. The second kappa shape index (κ2) is 5.66. The van der Waals surface area contributed by atoms with Crippen LogP contribution in [0, 0.1) is 6.92 Å². The van der Waals surface area contributed by atoms with Crippen molar-refractivity contribution in [2.75, 3.05) is 5.75 Å². The van der Waals surface area contributed by atoms with E-state index in [-0.39, 0.29) is 5.12 Å². The fraction of sp³-hybridized carbons (Fsp3) is 0.250. The predicted molar refractivity (Wildman–Crippen MR) is 63.4 cm³/mol. The van der Waals surface area contributed by atoms with Crippen LogP contribution < -0.4 is 0 Å². The minimum atomic E-state index is 0.119. The maximum atomic E-state index is 11.2. The maximum Gasteiger partial charge on any atom is 0.212 e. The Balaban J connectivity index is 2.60. The summed E-state index contributed by atoms with van der Waals surface area (Å²) in [5.41, 5.74) is 2.30. The molecule has 0 saturated heterocycles. The molecule has 0 aliphatic rings. The van der Waals surface area contributed by atoms with Crippen LogP contribution in [-0.4, -0.2) is 10.9 Å². The molecule has 0 bridgehead atoms. The lowest BCUT2D eigenvalue weighted by atomic mass is 10.1. The van der Waals surface area contributed by atoms with Crippen molar-refractivity contribution < 1.29 is 4.79 Å². The summed E-state index contributed by atoms with van der Waals surface area (Å²) in [4.78, 5) is 11.2. The fourth-order valence-corrected chi connectivity index (χ4v) is 1.48. The standard InChI is InChI=1S/C12H14OS/c1-3-14-12(13)9-8-11-6-4-10(2)5-7-11/h4-9H,3H2,1-2H3/b9-8+. The average Bonchev–Trinajstić information content (AvgIpc) is 2.17. The van der Waals surface area contributed by atoms with E-state index in [1.54, 1.807) is 6.08 Å². The Kier molecular flexibility index (Phi) is 4.47. The number of hydrogen-bond acceptors (Lipinski definition) is 2. The second-order valence-electron chi connectivity index (χ2n) is 3.00. The first-order chi connectivity index (χ1) is 6.72. The largest absolute Gasteiger partial charge is 0.282 e. The van der Waals surface area contributed by atoms with Crippen LogP contribution in [0.5, 0.6) is 0 Å². The highest BCUT2D eigenvalue weighted by Crippen LogP contribution is 2.07. The van der Waals surface area contributed by atoms with E-state index in [1.807, 2.05) is 44.2 Å². The summed E-state index contributed by atoms with van der Waals surface area (Å²) < 4.78 is 0. The number of carbonyl (C=O) groups is 1. The molecule has 0 radical (unpaired) electrons. The van der Waals surface area contributed by atoms with Gasteiger partial charge in [0, 0.05) is 0 Å². The highest BCUT2D eigenvalue weighted by Gasteiger charge is 1.93. The van der Waals surface area contributed by atoms with Gasteiger partial charge in [0.05, 0.1) is 0 Å². The molecule has 1 rings (SSSR count). The van der Waals surface area contributed by atoms with Gasteiger partial charge in [-0.25, -0.2) is 0 Å². The van der Waals surface area contributed by atoms with Crippen LogP contribution in [0.1, 0.15) is 18.1 Å². The van der Waals surface area contributed by atoms with Crippen molar-refractivity contribution in [1.29, 1.82) is 0 Å². The summed E-state index contributed by atoms with van der Waals surface area (Å²) in [7, 11) is 0. The zero-order chi connectivity index (χ0) is 10.4. The molecular weight excluding hydrogens is 192 g/mol. The summed E-state index contributed by atoms with van der Waals surface area (Å²) >= 11 is 1.33. The van der Waals surface area contributed by atoms with Gasteiger partial charge >= 0.3 is 0 Å². The van der Waals surface area contributed by atoms with Crippen molar-refractivity contribution in [2.45, 2.75) is 13.8 Å². The quantitative estimate of drug-likeness (QED) is 0.706.